The van der Waals surface area contributed by atoms with Gasteiger partial charge in [-0.25, -0.2) is 9.97 Å². The molecule has 1 N–H and O–H groups in total. The molecule has 3 aliphatic rings. The predicted octanol–water partition coefficient (Wildman–Crippen LogP) is 3.50. The first-order chi connectivity index (χ1) is 12.1. The summed E-state index contributed by atoms with van der Waals surface area (Å²) in [6.45, 7) is 3.85. The molecule has 2 heterocycles. The maximum absolute atomic E-state index is 12.6. The van der Waals surface area contributed by atoms with Crippen LogP contribution in [-0.4, -0.2) is 34.5 Å². The summed E-state index contributed by atoms with van der Waals surface area (Å²) in [4.78, 5) is 23.1. The van der Waals surface area contributed by atoms with Gasteiger partial charge in [-0.1, -0.05) is 17.2 Å². The number of carbonyl (C=O) groups excluding carboxylic acids is 1. The highest BCUT2D eigenvalue weighted by Gasteiger charge is 2.51. The summed E-state index contributed by atoms with van der Waals surface area (Å²) in [5.74, 6) is 1.54. The molecule has 134 valence electrons. The van der Waals surface area contributed by atoms with Crippen molar-refractivity contribution in [3.05, 3.63) is 28.7 Å². The van der Waals surface area contributed by atoms with Gasteiger partial charge in [0.1, 0.15) is 11.3 Å². The number of piperidine rings is 1. The summed E-state index contributed by atoms with van der Waals surface area (Å²) in [6.07, 6.45) is 11.0. The summed E-state index contributed by atoms with van der Waals surface area (Å²) < 4.78 is 0. The van der Waals surface area contributed by atoms with Crippen molar-refractivity contribution >= 4 is 23.3 Å². The third-order valence-corrected chi connectivity index (χ3v) is 6.47. The average Bonchev–Trinajstić information content (AvgIpc) is 3.34. The van der Waals surface area contributed by atoms with E-state index in [9.17, 15) is 4.79 Å². The minimum atomic E-state index is 0.0320. The molecule has 2 aliphatic carbocycles. The monoisotopic (exact) mass is 360 g/mol. The summed E-state index contributed by atoms with van der Waals surface area (Å²) in [5, 5.41) is 3.99. The van der Waals surface area contributed by atoms with Gasteiger partial charge in [0.2, 0.25) is 5.91 Å². The molecular formula is C19H25ClN4O. The number of rotatable bonds is 4. The predicted molar refractivity (Wildman–Crippen MR) is 98.6 cm³/mol. The standard InChI is InChI=1S/C19H25ClN4O/c1-13(14-3-2-4-14)18(25)23-19(7-8-19)15-5-9-24(10-6-15)17-16(20)11-21-12-22-17/h11-12,15H,2-10H2,1H3,(H,23,25). The first-order valence-corrected chi connectivity index (χ1v) is 9.68. The van der Waals surface area contributed by atoms with Gasteiger partial charge >= 0.3 is 0 Å². The molecule has 0 radical (unpaired) electrons. The molecule has 2 saturated carbocycles. The number of nitrogens with zero attached hydrogens (tertiary/aromatic N) is 3. The van der Waals surface area contributed by atoms with Gasteiger partial charge in [-0.3, -0.25) is 4.79 Å². The lowest BCUT2D eigenvalue weighted by Gasteiger charge is -2.37. The molecule has 5 nitrogen and oxygen atoms in total. The van der Waals surface area contributed by atoms with E-state index < -0.39 is 0 Å². The fraction of sp³-hybridized carbons (Fsp3) is 0.632. The number of carbonyl (C=O) groups is 1. The van der Waals surface area contributed by atoms with Crippen LogP contribution in [0.4, 0.5) is 5.82 Å². The molecule has 0 aromatic carbocycles. The Hall–Kier alpha value is -1.62. The van der Waals surface area contributed by atoms with Crippen molar-refractivity contribution < 1.29 is 4.79 Å². The van der Waals surface area contributed by atoms with E-state index in [4.69, 9.17) is 11.6 Å². The maximum Gasteiger partial charge on any atom is 0.247 e. The van der Waals surface area contributed by atoms with Gasteiger partial charge in [-0.05, 0) is 57.8 Å². The van der Waals surface area contributed by atoms with Crippen molar-refractivity contribution in [3.63, 3.8) is 0 Å². The van der Waals surface area contributed by atoms with Crippen molar-refractivity contribution in [2.24, 2.45) is 5.92 Å². The minimum Gasteiger partial charge on any atom is -0.355 e. The SMILES string of the molecule is CC(C(=O)NC1(C2CCN(c3ncncc3Cl)CC2)CC1)=C1CCC1. The molecule has 1 amide bonds. The maximum atomic E-state index is 12.6. The van der Waals surface area contributed by atoms with Crippen LogP contribution in [0.3, 0.4) is 0 Å². The smallest absolute Gasteiger partial charge is 0.247 e. The second kappa shape index (κ2) is 6.60. The number of hydrogen-bond donors (Lipinski definition) is 1. The van der Waals surface area contributed by atoms with Crippen LogP contribution >= 0.6 is 11.6 Å². The van der Waals surface area contributed by atoms with Crippen LogP contribution in [-0.2, 0) is 4.79 Å². The van der Waals surface area contributed by atoms with Crippen molar-refractivity contribution in [3.8, 4) is 0 Å². The number of anilines is 1. The Morgan fingerprint density at radius 2 is 2.04 bits per heavy atom. The lowest BCUT2D eigenvalue weighted by atomic mass is 9.85. The first-order valence-electron chi connectivity index (χ1n) is 9.31. The Labute approximate surface area is 153 Å². The zero-order chi connectivity index (χ0) is 17.4. The number of hydrogen-bond acceptors (Lipinski definition) is 4. The quantitative estimate of drug-likeness (QED) is 0.835. The highest BCUT2D eigenvalue weighted by molar-refractivity contribution is 6.32. The van der Waals surface area contributed by atoms with E-state index in [1.54, 1.807) is 12.5 Å². The van der Waals surface area contributed by atoms with Crippen molar-refractivity contribution in [1.29, 1.82) is 0 Å². The van der Waals surface area contributed by atoms with E-state index in [-0.39, 0.29) is 11.4 Å². The fourth-order valence-corrected chi connectivity index (χ4v) is 4.39. The Bertz CT molecular complexity index is 699. The van der Waals surface area contributed by atoms with E-state index in [1.807, 2.05) is 6.92 Å². The molecule has 0 atom stereocenters. The Balaban J connectivity index is 1.37. The number of allylic oxidation sites excluding steroid dienone is 1. The molecule has 3 fully saturated rings. The van der Waals surface area contributed by atoms with Gasteiger partial charge in [-0.15, -0.1) is 0 Å². The van der Waals surface area contributed by atoms with Gasteiger partial charge in [0, 0.05) is 24.2 Å². The van der Waals surface area contributed by atoms with Gasteiger partial charge in [0.25, 0.3) is 0 Å². The third-order valence-electron chi connectivity index (χ3n) is 6.20. The fourth-order valence-electron chi connectivity index (χ4n) is 4.16. The van der Waals surface area contributed by atoms with Gasteiger partial charge in [0.15, 0.2) is 5.82 Å². The summed E-state index contributed by atoms with van der Waals surface area (Å²) in [7, 11) is 0. The normalized spacial score (nSPS) is 22.3. The summed E-state index contributed by atoms with van der Waals surface area (Å²) in [5.41, 5.74) is 2.34. The highest BCUT2D eigenvalue weighted by atomic mass is 35.5. The van der Waals surface area contributed by atoms with E-state index in [0.29, 0.717) is 10.9 Å². The number of amides is 1. The minimum absolute atomic E-state index is 0.0320. The second-order valence-electron chi connectivity index (χ2n) is 7.65. The number of halogens is 1. The molecule has 25 heavy (non-hydrogen) atoms. The van der Waals surface area contributed by atoms with Gasteiger partial charge < -0.3 is 10.2 Å². The van der Waals surface area contributed by atoms with Crippen molar-refractivity contribution in [1.82, 2.24) is 15.3 Å². The average molecular weight is 361 g/mol. The van der Waals surface area contributed by atoms with Crippen LogP contribution in [0.1, 0.15) is 51.9 Å². The lowest BCUT2D eigenvalue weighted by Crippen LogP contribution is -2.48. The van der Waals surface area contributed by atoms with Crippen molar-refractivity contribution in [2.45, 2.75) is 57.4 Å². The molecule has 0 spiro atoms. The topological polar surface area (TPSA) is 58.1 Å². The van der Waals surface area contributed by atoms with Crippen LogP contribution in [0.5, 0.6) is 0 Å². The largest absolute Gasteiger partial charge is 0.355 e. The van der Waals surface area contributed by atoms with E-state index in [1.165, 1.54) is 12.0 Å². The third kappa shape index (κ3) is 3.26. The number of aromatic nitrogens is 2. The van der Waals surface area contributed by atoms with Crippen LogP contribution in [0.25, 0.3) is 0 Å². The lowest BCUT2D eigenvalue weighted by molar-refractivity contribution is -0.119. The van der Waals surface area contributed by atoms with E-state index in [2.05, 4.69) is 20.2 Å². The van der Waals surface area contributed by atoms with E-state index >= 15 is 0 Å². The molecular weight excluding hydrogens is 336 g/mol. The molecule has 1 saturated heterocycles. The molecule has 6 heteroatoms. The van der Waals surface area contributed by atoms with E-state index in [0.717, 1.165) is 63.0 Å². The van der Waals surface area contributed by atoms with Gasteiger partial charge in [0.05, 0.1) is 6.20 Å². The van der Waals surface area contributed by atoms with Crippen LogP contribution < -0.4 is 10.2 Å². The molecule has 0 bridgehead atoms. The Morgan fingerprint density at radius 3 is 2.60 bits per heavy atom. The molecule has 1 aromatic rings. The molecule has 1 aliphatic heterocycles. The molecule has 0 unspecified atom stereocenters. The van der Waals surface area contributed by atoms with Crippen molar-refractivity contribution in [2.75, 3.05) is 18.0 Å². The number of nitrogens with one attached hydrogen (secondary N) is 1. The Kier molecular flexibility index (Phi) is 4.44. The zero-order valence-electron chi connectivity index (χ0n) is 14.7. The van der Waals surface area contributed by atoms with Gasteiger partial charge in [-0.2, -0.15) is 0 Å². The summed E-state index contributed by atoms with van der Waals surface area (Å²) >= 11 is 6.22. The van der Waals surface area contributed by atoms with Crippen LogP contribution in [0.15, 0.2) is 23.7 Å². The molecule has 4 rings (SSSR count). The first kappa shape index (κ1) is 16.8. The second-order valence-corrected chi connectivity index (χ2v) is 8.06. The zero-order valence-corrected chi connectivity index (χ0v) is 15.5. The van der Waals surface area contributed by atoms with Crippen LogP contribution in [0, 0.1) is 5.92 Å². The Morgan fingerprint density at radius 1 is 1.32 bits per heavy atom. The van der Waals surface area contributed by atoms with Crippen LogP contribution in [0.2, 0.25) is 5.02 Å². The molecule has 1 aromatic heterocycles. The summed E-state index contributed by atoms with van der Waals surface area (Å²) in [6, 6.07) is 0. The highest BCUT2D eigenvalue weighted by Crippen LogP contribution is 2.47.